The van der Waals surface area contributed by atoms with E-state index in [1.54, 1.807) is 6.92 Å². The van der Waals surface area contributed by atoms with Crippen molar-refractivity contribution in [3.05, 3.63) is 99.1 Å². The Labute approximate surface area is 280 Å². The minimum atomic E-state index is -1.16. The van der Waals surface area contributed by atoms with Gasteiger partial charge in [-0.1, -0.05) is 63.4 Å². The quantitative estimate of drug-likeness (QED) is 0.190. The number of H-pyrrole nitrogens is 1. The van der Waals surface area contributed by atoms with Crippen LogP contribution in [-0.2, 0) is 25.7 Å². The summed E-state index contributed by atoms with van der Waals surface area (Å²) in [7, 11) is 0. The number of ether oxygens (including phenoxy) is 1. The van der Waals surface area contributed by atoms with E-state index in [1.165, 1.54) is 11.8 Å². The van der Waals surface area contributed by atoms with Crippen molar-refractivity contribution in [1.82, 2.24) is 14.8 Å². The molecule has 7 nitrogen and oxygen atoms in total. The van der Waals surface area contributed by atoms with Crippen LogP contribution in [0.1, 0.15) is 48.9 Å². The Morgan fingerprint density at radius 1 is 1.07 bits per heavy atom. The first-order chi connectivity index (χ1) is 21.7. The highest BCUT2D eigenvalue weighted by Gasteiger charge is 2.60. The van der Waals surface area contributed by atoms with Crippen LogP contribution in [0.5, 0.6) is 0 Å². The van der Waals surface area contributed by atoms with Gasteiger partial charge in [-0.2, -0.15) is 0 Å². The van der Waals surface area contributed by atoms with Crippen LogP contribution in [0.25, 0.3) is 10.9 Å². The van der Waals surface area contributed by atoms with Gasteiger partial charge >= 0.3 is 5.97 Å². The third-order valence-corrected chi connectivity index (χ3v) is 11.0. The van der Waals surface area contributed by atoms with E-state index >= 15 is 4.79 Å². The molecule has 10 heteroatoms. The highest BCUT2D eigenvalue weighted by atomic mass is 79.9. The number of carbonyl (C=O) groups is 3. The molecule has 2 amide bonds. The number of piperidine rings is 1. The highest BCUT2D eigenvalue weighted by molar-refractivity contribution is 9.10. The number of carbonyl (C=O) groups excluding carboxylic acids is 3. The molecule has 0 spiro atoms. The van der Waals surface area contributed by atoms with Crippen LogP contribution in [0, 0.1) is 12.8 Å². The van der Waals surface area contributed by atoms with E-state index in [2.05, 4.69) is 20.9 Å². The van der Waals surface area contributed by atoms with Gasteiger partial charge in [-0.25, -0.2) is 0 Å². The zero-order valence-electron chi connectivity index (χ0n) is 25.2. The number of nitrogens with one attached hydrogen (secondary N) is 1. The van der Waals surface area contributed by atoms with Crippen molar-refractivity contribution in [2.24, 2.45) is 5.92 Å². The average molecular weight is 709 g/mol. The summed E-state index contributed by atoms with van der Waals surface area (Å²) < 4.78 is 5.07. The number of likely N-dealkylation sites (tertiary alicyclic amines) is 2. The molecule has 0 saturated carbocycles. The molecule has 2 aliphatic heterocycles. The molecule has 0 aliphatic carbocycles. The van der Waals surface area contributed by atoms with Crippen molar-refractivity contribution in [2.45, 2.75) is 55.3 Å². The van der Waals surface area contributed by atoms with Crippen LogP contribution in [0.4, 0.5) is 0 Å². The lowest BCUT2D eigenvalue weighted by molar-refractivity contribution is -0.151. The SMILES string of the molecule is CCOC(=O)C1CCN(C(=O)[C@]2(Sc3ccc(C)cc3)CC(=O)N(Cc3ccc(Br)cc3)[C@H]2c2c[nH]c3cc(Cl)ccc23)CC1. The number of esters is 1. The summed E-state index contributed by atoms with van der Waals surface area (Å²) in [6, 6.07) is 21.1. The Morgan fingerprint density at radius 3 is 2.47 bits per heavy atom. The lowest BCUT2D eigenvalue weighted by atomic mass is 9.89. The number of aryl methyl sites for hydroxylation is 1. The largest absolute Gasteiger partial charge is 0.466 e. The fourth-order valence-corrected chi connectivity index (χ4v) is 8.45. The molecular formula is C35H35BrClN3O4S. The van der Waals surface area contributed by atoms with Crippen LogP contribution >= 0.6 is 39.3 Å². The van der Waals surface area contributed by atoms with Gasteiger partial charge in [-0.3, -0.25) is 14.4 Å². The molecule has 4 aromatic rings. The maximum Gasteiger partial charge on any atom is 0.309 e. The van der Waals surface area contributed by atoms with Gasteiger partial charge in [-0.15, -0.1) is 11.8 Å². The van der Waals surface area contributed by atoms with Crippen molar-refractivity contribution in [3.63, 3.8) is 0 Å². The number of hydrogen-bond donors (Lipinski definition) is 1. The van der Waals surface area contributed by atoms with E-state index in [-0.39, 0.29) is 30.1 Å². The van der Waals surface area contributed by atoms with Crippen LogP contribution in [0.3, 0.4) is 0 Å². The van der Waals surface area contributed by atoms with E-state index in [0.29, 0.717) is 44.1 Å². The molecule has 0 unspecified atom stereocenters. The molecule has 2 aliphatic rings. The maximum absolute atomic E-state index is 15.1. The van der Waals surface area contributed by atoms with Gasteiger partial charge in [0.1, 0.15) is 4.75 Å². The molecule has 3 aromatic carbocycles. The van der Waals surface area contributed by atoms with E-state index in [0.717, 1.165) is 37.0 Å². The fourth-order valence-electron chi connectivity index (χ4n) is 6.54. The first kappa shape index (κ1) is 31.7. The van der Waals surface area contributed by atoms with Crippen molar-refractivity contribution < 1.29 is 19.1 Å². The number of benzene rings is 3. The predicted molar refractivity (Wildman–Crippen MR) is 181 cm³/mol. The Morgan fingerprint density at radius 2 is 1.78 bits per heavy atom. The minimum Gasteiger partial charge on any atom is -0.466 e. The Bertz CT molecular complexity index is 1720. The van der Waals surface area contributed by atoms with E-state index in [9.17, 15) is 9.59 Å². The van der Waals surface area contributed by atoms with Crippen LogP contribution in [-0.4, -0.2) is 57.0 Å². The molecular weight excluding hydrogens is 674 g/mol. The lowest BCUT2D eigenvalue weighted by Crippen LogP contribution is -2.52. The Balaban J connectivity index is 1.46. The molecule has 45 heavy (non-hydrogen) atoms. The zero-order chi connectivity index (χ0) is 31.7. The normalized spacial score (nSPS) is 20.6. The van der Waals surface area contributed by atoms with Crippen molar-refractivity contribution >= 4 is 68.0 Å². The summed E-state index contributed by atoms with van der Waals surface area (Å²) >= 11 is 11.3. The van der Waals surface area contributed by atoms with Crippen LogP contribution in [0.15, 0.2) is 82.3 Å². The predicted octanol–water partition coefficient (Wildman–Crippen LogP) is 7.70. The third-order valence-electron chi connectivity index (χ3n) is 8.81. The monoisotopic (exact) mass is 707 g/mol. The number of nitrogens with zero attached hydrogens (tertiary/aromatic N) is 2. The summed E-state index contributed by atoms with van der Waals surface area (Å²) in [6.45, 7) is 5.37. The molecule has 2 atom stereocenters. The molecule has 2 saturated heterocycles. The molecule has 2 fully saturated rings. The van der Waals surface area contributed by atoms with Gasteiger partial charge < -0.3 is 19.5 Å². The molecule has 234 valence electrons. The van der Waals surface area contributed by atoms with E-state index in [4.69, 9.17) is 16.3 Å². The van der Waals surface area contributed by atoms with Gasteiger partial charge in [0.15, 0.2) is 0 Å². The molecule has 1 N–H and O–H groups in total. The second-order valence-electron chi connectivity index (χ2n) is 11.8. The fraction of sp³-hybridized carbons (Fsp3) is 0.343. The molecule has 0 bridgehead atoms. The summed E-state index contributed by atoms with van der Waals surface area (Å²) in [5.41, 5.74) is 3.81. The first-order valence-electron chi connectivity index (χ1n) is 15.2. The smallest absolute Gasteiger partial charge is 0.309 e. The van der Waals surface area contributed by atoms with Crippen molar-refractivity contribution in [2.75, 3.05) is 19.7 Å². The maximum atomic E-state index is 15.1. The van der Waals surface area contributed by atoms with Crippen molar-refractivity contribution in [3.8, 4) is 0 Å². The lowest BCUT2D eigenvalue weighted by Gasteiger charge is -2.41. The average Bonchev–Trinajstić information content (AvgIpc) is 3.56. The number of rotatable bonds is 8. The number of aromatic nitrogens is 1. The number of hydrogen-bond acceptors (Lipinski definition) is 5. The van der Waals surface area contributed by atoms with E-state index < -0.39 is 10.8 Å². The minimum absolute atomic E-state index is 0.0453. The van der Waals surface area contributed by atoms with Crippen LogP contribution in [0.2, 0.25) is 5.02 Å². The summed E-state index contributed by atoms with van der Waals surface area (Å²) in [6.07, 6.45) is 3.03. The second-order valence-corrected chi connectivity index (χ2v) is 14.5. The summed E-state index contributed by atoms with van der Waals surface area (Å²) in [5, 5.41) is 1.52. The van der Waals surface area contributed by atoms with Gasteiger partial charge in [0, 0.05) is 56.7 Å². The zero-order valence-corrected chi connectivity index (χ0v) is 28.4. The third kappa shape index (κ3) is 6.40. The number of fused-ring (bicyclic) bond motifs is 1. The molecule has 6 rings (SSSR count). The summed E-state index contributed by atoms with van der Waals surface area (Å²) in [5.74, 6) is -0.612. The van der Waals surface area contributed by atoms with Crippen LogP contribution < -0.4 is 0 Å². The first-order valence-corrected chi connectivity index (χ1v) is 17.2. The van der Waals surface area contributed by atoms with Crippen molar-refractivity contribution in [1.29, 1.82) is 0 Å². The molecule has 1 aromatic heterocycles. The number of amides is 2. The standard InChI is InChI=1S/C35H35BrClN3O4S/c1-3-44-33(42)24-14-16-39(17-15-24)34(43)35(45-27-11-4-22(2)5-12-27)19-31(41)40(21-23-6-8-25(36)9-7-23)32(35)29-20-38-30-18-26(37)10-13-28(29)30/h4-13,18,20,24,32,38H,3,14-17,19,21H2,1-2H3/t32-,35-/m0/s1. The number of thioether (sulfide) groups is 1. The summed E-state index contributed by atoms with van der Waals surface area (Å²) in [4.78, 5) is 49.8. The molecule has 0 radical (unpaired) electrons. The molecule has 3 heterocycles. The Kier molecular flexibility index (Phi) is 9.32. The van der Waals surface area contributed by atoms with Gasteiger partial charge in [0.2, 0.25) is 11.8 Å². The number of halogens is 2. The second kappa shape index (κ2) is 13.2. The number of aromatic amines is 1. The topological polar surface area (TPSA) is 82.7 Å². The van der Waals surface area contributed by atoms with E-state index in [1.807, 2.05) is 89.7 Å². The van der Waals surface area contributed by atoms with Gasteiger partial charge in [0.05, 0.1) is 25.0 Å². The van der Waals surface area contributed by atoms with Gasteiger partial charge in [-0.05, 0) is 68.7 Å². The van der Waals surface area contributed by atoms with Gasteiger partial charge in [0.25, 0.3) is 0 Å². The highest BCUT2D eigenvalue weighted by Crippen LogP contribution is 2.55. The Hall–Kier alpha value is -3.27.